The smallest absolute Gasteiger partial charge is 0.148 e. The Morgan fingerprint density at radius 2 is 0.609 bits per heavy atom. The molecule has 0 bridgehead atoms. The summed E-state index contributed by atoms with van der Waals surface area (Å²) >= 11 is 0. The van der Waals surface area contributed by atoms with Crippen LogP contribution in [0.2, 0.25) is 0 Å². The second-order valence-electron chi connectivity index (χ2n) is 18.5. The summed E-state index contributed by atoms with van der Waals surface area (Å²) in [5.74, 6) is 14.0. The van der Waals surface area contributed by atoms with Crippen LogP contribution in [-0.4, -0.2) is 11.4 Å². The zero-order chi connectivity index (χ0) is 45.6. The molecule has 2 aromatic rings. The molecule has 0 unspecified atom stereocenters. The molecule has 0 spiro atoms. The van der Waals surface area contributed by atoms with E-state index in [0.717, 1.165) is 62.7 Å². The summed E-state index contributed by atoms with van der Waals surface area (Å²) in [4.78, 5) is 10.3. The highest BCUT2D eigenvalue weighted by Crippen LogP contribution is 2.20. The first-order chi connectivity index (χ1) is 31.7. The molecule has 64 heavy (non-hydrogen) atoms. The average Bonchev–Trinajstić information content (AvgIpc) is 3.31. The van der Waals surface area contributed by atoms with Crippen LogP contribution in [0.3, 0.4) is 0 Å². The highest BCUT2D eigenvalue weighted by molar-refractivity contribution is 6.55. The van der Waals surface area contributed by atoms with Crippen molar-refractivity contribution in [1.29, 1.82) is 0 Å². The highest BCUT2D eigenvalue weighted by Gasteiger charge is 2.07. The van der Waals surface area contributed by atoms with E-state index in [-0.39, 0.29) is 0 Å². The van der Waals surface area contributed by atoms with Crippen LogP contribution in [0.4, 0.5) is 11.4 Å². The lowest BCUT2D eigenvalue weighted by atomic mass is 10.0. The zero-order valence-electron chi connectivity index (χ0n) is 42.3. The molecular weight excluding hydrogens is 773 g/mol. The first-order valence-corrected chi connectivity index (χ1v) is 27.4. The molecule has 0 atom stereocenters. The van der Waals surface area contributed by atoms with Gasteiger partial charge in [-0.1, -0.05) is 281 Å². The summed E-state index contributed by atoms with van der Waals surface area (Å²) < 4.78 is 0. The topological polar surface area (TPSA) is 24.7 Å². The maximum absolute atomic E-state index is 5.14. The Hall–Kier alpha value is -3.62. The molecule has 0 aliphatic heterocycles. The predicted octanol–water partition coefficient (Wildman–Crippen LogP) is 20.7. The van der Waals surface area contributed by atoms with Gasteiger partial charge in [0.1, 0.15) is 11.4 Å². The minimum Gasteiger partial charge on any atom is -0.237 e. The molecule has 0 aromatic heterocycles. The second-order valence-corrected chi connectivity index (χ2v) is 18.5. The SMILES string of the molecule is CCCC=Cc1ccc(N=C(C#CCCCCCCCCCCCCC)C(C#CCCCCCCCCCCCCCCCCCCCCC)=Nc2ccc(C=CCCC)cc2)cc1. The van der Waals surface area contributed by atoms with Gasteiger partial charge in [0.15, 0.2) is 0 Å². The third-order valence-corrected chi connectivity index (χ3v) is 12.2. The van der Waals surface area contributed by atoms with Gasteiger partial charge in [-0.2, -0.15) is 0 Å². The number of hydrogen-bond donors (Lipinski definition) is 0. The van der Waals surface area contributed by atoms with Gasteiger partial charge < -0.3 is 0 Å². The minimum absolute atomic E-state index is 0.671. The van der Waals surface area contributed by atoms with E-state index >= 15 is 0 Å². The van der Waals surface area contributed by atoms with E-state index in [0.29, 0.717) is 11.4 Å². The summed E-state index contributed by atoms with van der Waals surface area (Å²) in [7, 11) is 0. The van der Waals surface area contributed by atoms with Crippen molar-refractivity contribution in [3.63, 3.8) is 0 Å². The monoisotopic (exact) mass is 869 g/mol. The molecule has 0 aliphatic rings. The Bertz CT molecular complexity index is 1610. The van der Waals surface area contributed by atoms with E-state index in [2.05, 4.69) is 124 Å². The first kappa shape index (κ1) is 56.5. The molecule has 2 rings (SSSR count). The van der Waals surface area contributed by atoms with Crippen molar-refractivity contribution < 1.29 is 0 Å². The summed E-state index contributed by atoms with van der Waals surface area (Å²) in [6, 6.07) is 17.0. The second kappa shape index (κ2) is 43.3. The quantitative estimate of drug-likeness (QED) is 0.0363. The number of hydrogen-bond acceptors (Lipinski definition) is 2. The van der Waals surface area contributed by atoms with E-state index in [9.17, 15) is 0 Å². The van der Waals surface area contributed by atoms with Gasteiger partial charge in [0.2, 0.25) is 0 Å². The molecule has 0 heterocycles. The molecule has 0 amide bonds. The number of allylic oxidation sites excluding steroid dienone is 2. The van der Waals surface area contributed by atoms with Crippen molar-refractivity contribution in [3.05, 3.63) is 71.8 Å². The Labute approximate surface area is 397 Å². The fourth-order valence-electron chi connectivity index (χ4n) is 8.09. The van der Waals surface area contributed by atoms with Crippen LogP contribution >= 0.6 is 0 Å². The predicted molar refractivity (Wildman–Crippen MR) is 290 cm³/mol. The Balaban J connectivity index is 2.00. The molecule has 0 saturated heterocycles. The molecular formula is C62H96N2. The zero-order valence-corrected chi connectivity index (χ0v) is 42.3. The van der Waals surface area contributed by atoms with Gasteiger partial charge in [0.05, 0.1) is 11.4 Å². The van der Waals surface area contributed by atoms with Crippen molar-refractivity contribution >= 4 is 35.0 Å². The van der Waals surface area contributed by atoms with Gasteiger partial charge in [0, 0.05) is 12.8 Å². The fourth-order valence-corrected chi connectivity index (χ4v) is 8.09. The van der Waals surface area contributed by atoms with Gasteiger partial charge in [-0.3, -0.25) is 0 Å². The molecule has 0 fully saturated rings. The fraction of sp³-hybridized carbons (Fsp3) is 0.645. The highest BCUT2D eigenvalue weighted by atomic mass is 14.8. The lowest BCUT2D eigenvalue weighted by molar-refractivity contribution is 0.524. The maximum Gasteiger partial charge on any atom is 0.148 e. The van der Waals surface area contributed by atoms with Crippen LogP contribution in [-0.2, 0) is 0 Å². The van der Waals surface area contributed by atoms with E-state index in [1.165, 1.54) is 191 Å². The van der Waals surface area contributed by atoms with E-state index in [1.54, 1.807) is 0 Å². The van der Waals surface area contributed by atoms with Gasteiger partial charge in [-0.25, -0.2) is 9.98 Å². The molecule has 2 aromatic carbocycles. The standard InChI is InChI=1S/C62H96N2/c1-5-9-13-15-17-19-21-23-24-25-26-27-28-29-30-32-34-36-38-40-44-48-62(64-60-55-51-58(52-56-60)46-42-12-8-4)61(63-59-53-49-57(50-54-59)45-41-11-7-3)47-43-39-37-35-33-31-22-20-18-16-14-10-6-2/h41-42,45-46,49-56H,5-40H2,1-4H3. The van der Waals surface area contributed by atoms with Gasteiger partial charge in [0.25, 0.3) is 0 Å². The van der Waals surface area contributed by atoms with Crippen molar-refractivity contribution in [2.24, 2.45) is 9.98 Å². The largest absolute Gasteiger partial charge is 0.237 e. The Morgan fingerprint density at radius 1 is 0.344 bits per heavy atom. The van der Waals surface area contributed by atoms with E-state index in [4.69, 9.17) is 9.98 Å². The lowest BCUT2D eigenvalue weighted by Gasteiger charge is -2.04. The third kappa shape index (κ3) is 32.9. The summed E-state index contributed by atoms with van der Waals surface area (Å²) in [5.41, 5.74) is 5.50. The van der Waals surface area contributed by atoms with Gasteiger partial charge in [-0.05, 0) is 72.9 Å². The Kier molecular flexibility index (Phi) is 38.2. The van der Waals surface area contributed by atoms with Crippen molar-refractivity contribution in [3.8, 4) is 23.7 Å². The maximum atomic E-state index is 5.14. The van der Waals surface area contributed by atoms with Crippen LogP contribution < -0.4 is 0 Å². The molecule has 0 saturated carbocycles. The van der Waals surface area contributed by atoms with Crippen molar-refractivity contribution in [1.82, 2.24) is 0 Å². The molecule has 2 heteroatoms. The third-order valence-electron chi connectivity index (χ3n) is 12.2. The molecule has 0 radical (unpaired) electrons. The molecule has 354 valence electrons. The first-order valence-electron chi connectivity index (χ1n) is 27.4. The molecule has 0 N–H and O–H groups in total. The lowest BCUT2D eigenvalue weighted by Crippen LogP contribution is -2.10. The normalized spacial score (nSPS) is 11.9. The average molecular weight is 869 g/mol. The molecule has 0 aliphatic carbocycles. The number of unbranched alkanes of at least 4 members (excludes halogenated alkanes) is 32. The van der Waals surface area contributed by atoms with Crippen molar-refractivity contribution in [2.45, 2.75) is 259 Å². The van der Waals surface area contributed by atoms with Gasteiger partial charge in [-0.15, -0.1) is 0 Å². The number of nitrogens with zero attached hydrogens (tertiary/aromatic N) is 2. The number of benzene rings is 2. The summed E-state index contributed by atoms with van der Waals surface area (Å²) in [6.45, 7) is 9.02. The minimum atomic E-state index is 0.671. The van der Waals surface area contributed by atoms with Crippen molar-refractivity contribution in [2.75, 3.05) is 0 Å². The van der Waals surface area contributed by atoms with Crippen LogP contribution in [0.25, 0.3) is 12.2 Å². The van der Waals surface area contributed by atoms with Crippen LogP contribution in [0, 0.1) is 23.7 Å². The molecule has 2 nitrogen and oxygen atoms in total. The van der Waals surface area contributed by atoms with Crippen LogP contribution in [0.5, 0.6) is 0 Å². The van der Waals surface area contributed by atoms with E-state index < -0.39 is 0 Å². The van der Waals surface area contributed by atoms with Crippen LogP contribution in [0.15, 0.2) is 70.7 Å². The number of rotatable bonds is 39. The Morgan fingerprint density at radius 3 is 0.875 bits per heavy atom. The van der Waals surface area contributed by atoms with Gasteiger partial charge >= 0.3 is 0 Å². The summed E-state index contributed by atoms with van der Waals surface area (Å²) in [5, 5.41) is 0. The summed E-state index contributed by atoms with van der Waals surface area (Å²) in [6.07, 6.45) is 56.3. The number of aliphatic imine (C=N–C) groups is 2. The van der Waals surface area contributed by atoms with E-state index in [1.807, 2.05) is 0 Å². The van der Waals surface area contributed by atoms with Crippen LogP contribution in [0.1, 0.15) is 270 Å².